The Kier molecular flexibility index (Phi) is 7.27. The van der Waals surface area contributed by atoms with Gasteiger partial charge in [-0.3, -0.25) is 4.79 Å². The predicted octanol–water partition coefficient (Wildman–Crippen LogP) is 0.960. The number of thioether (sulfide) groups is 2. The van der Waals surface area contributed by atoms with Gasteiger partial charge in [0.2, 0.25) is 5.91 Å². The summed E-state index contributed by atoms with van der Waals surface area (Å²) in [6.07, 6.45) is 1.19. The number of hydrogen-bond donors (Lipinski definition) is 1. The highest BCUT2D eigenvalue weighted by atomic mass is 32.2. The van der Waals surface area contributed by atoms with Crippen molar-refractivity contribution in [2.75, 3.05) is 38.9 Å². The molecule has 1 N–H and O–H groups in total. The molecule has 0 bridgehead atoms. The van der Waals surface area contributed by atoms with Gasteiger partial charge in [0, 0.05) is 14.2 Å². The lowest BCUT2D eigenvalue weighted by Gasteiger charge is -2.23. The van der Waals surface area contributed by atoms with E-state index in [1.165, 1.54) is 6.42 Å². The second-order valence-electron chi connectivity index (χ2n) is 3.54. The molecule has 0 radical (unpaired) electrons. The molecule has 16 heavy (non-hydrogen) atoms. The van der Waals surface area contributed by atoms with Crippen molar-refractivity contribution < 1.29 is 14.3 Å². The van der Waals surface area contributed by atoms with Gasteiger partial charge < -0.3 is 14.8 Å². The quantitative estimate of drug-likeness (QED) is 0.775. The standard InChI is InChI=1S/C10H19NO3S2/c1-13-6-8(7-14-2)11-9(12)10-15-4-3-5-16-10/h8,10H,3-7H2,1-2H3,(H,11,12). The molecule has 0 aromatic rings. The van der Waals surface area contributed by atoms with Crippen LogP contribution in [0.25, 0.3) is 0 Å². The number of nitrogens with one attached hydrogen (secondary N) is 1. The van der Waals surface area contributed by atoms with E-state index in [4.69, 9.17) is 9.47 Å². The summed E-state index contributed by atoms with van der Waals surface area (Å²) < 4.78 is 10.1. The molecule has 94 valence electrons. The van der Waals surface area contributed by atoms with Gasteiger partial charge in [-0.05, 0) is 17.9 Å². The summed E-state index contributed by atoms with van der Waals surface area (Å²) in [5.74, 6) is 2.24. The van der Waals surface area contributed by atoms with Crippen LogP contribution in [0.15, 0.2) is 0 Å². The molecule has 1 rings (SSSR count). The van der Waals surface area contributed by atoms with Crippen molar-refractivity contribution in [1.29, 1.82) is 0 Å². The lowest BCUT2D eigenvalue weighted by Crippen LogP contribution is -2.44. The first-order valence-corrected chi connectivity index (χ1v) is 7.39. The molecule has 0 aromatic heterocycles. The van der Waals surface area contributed by atoms with Crippen LogP contribution in [0, 0.1) is 0 Å². The smallest absolute Gasteiger partial charge is 0.243 e. The SMILES string of the molecule is COCC(COC)NC(=O)C1SCCCS1. The van der Waals surface area contributed by atoms with Crippen LogP contribution >= 0.6 is 23.5 Å². The number of ether oxygens (including phenoxy) is 2. The molecule has 6 heteroatoms. The number of carbonyl (C=O) groups is 1. The summed E-state index contributed by atoms with van der Waals surface area (Å²) >= 11 is 3.44. The van der Waals surface area contributed by atoms with Gasteiger partial charge in [-0.15, -0.1) is 23.5 Å². The number of hydrogen-bond acceptors (Lipinski definition) is 5. The summed E-state index contributed by atoms with van der Waals surface area (Å²) in [4.78, 5) is 11.9. The first kappa shape index (κ1) is 14.2. The van der Waals surface area contributed by atoms with E-state index in [1.807, 2.05) is 0 Å². The Labute approximate surface area is 105 Å². The van der Waals surface area contributed by atoms with Crippen LogP contribution in [0.1, 0.15) is 6.42 Å². The zero-order valence-corrected chi connectivity index (χ0v) is 11.4. The van der Waals surface area contributed by atoms with Crippen LogP contribution in [-0.4, -0.2) is 55.5 Å². The van der Waals surface area contributed by atoms with Gasteiger partial charge in [0.05, 0.1) is 19.3 Å². The van der Waals surface area contributed by atoms with E-state index in [0.717, 1.165) is 11.5 Å². The van der Waals surface area contributed by atoms with Crippen molar-refractivity contribution in [3.63, 3.8) is 0 Å². The van der Waals surface area contributed by atoms with Crippen LogP contribution in [0.2, 0.25) is 0 Å². The predicted molar refractivity (Wildman–Crippen MR) is 69.0 cm³/mol. The monoisotopic (exact) mass is 265 g/mol. The summed E-state index contributed by atoms with van der Waals surface area (Å²) in [7, 11) is 3.25. The van der Waals surface area contributed by atoms with Gasteiger partial charge in [-0.1, -0.05) is 0 Å². The number of amides is 1. The van der Waals surface area contributed by atoms with Crippen LogP contribution < -0.4 is 5.32 Å². The normalized spacial score (nSPS) is 17.7. The molecule has 1 amide bonds. The zero-order valence-electron chi connectivity index (χ0n) is 9.73. The molecule has 0 aliphatic carbocycles. The van der Waals surface area contributed by atoms with Gasteiger partial charge in [0.15, 0.2) is 0 Å². The Bertz CT molecular complexity index is 204. The molecule has 1 saturated heterocycles. The molecule has 0 aromatic carbocycles. The Morgan fingerprint density at radius 3 is 2.38 bits per heavy atom. The molecule has 0 spiro atoms. The highest BCUT2D eigenvalue weighted by molar-refractivity contribution is 8.18. The van der Waals surface area contributed by atoms with E-state index in [1.54, 1.807) is 37.7 Å². The fourth-order valence-corrected chi connectivity index (χ4v) is 4.08. The fraction of sp³-hybridized carbons (Fsp3) is 0.900. The van der Waals surface area contributed by atoms with Crippen molar-refractivity contribution >= 4 is 29.4 Å². The molecule has 1 heterocycles. The van der Waals surface area contributed by atoms with Crippen LogP contribution in [-0.2, 0) is 14.3 Å². The minimum atomic E-state index is -0.0503. The van der Waals surface area contributed by atoms with E-state index in [2.05, 4.69) is 5.32 Å². The van der Waals surface area contributed by atoms with Crippen LogP contribution in [0.3, 0.4) is 0 Å². The maximum Gasteiger partial charge on any atom is 0.243 e. The lowest BCUT2D eigenvalue weighted by atomic mass is 10.3. The van der Waals surface area contributed by atoms with Crippen molar-refractivity contribution in [3.8, 4) is 0 Å². The number of carbonyl (C=O) groups excluding carboxylic acids is 1. The van der Waals surface area contributed by atoms with E-state index < -0.39 is 0 Å². The molecular formula is C10H19NO3S2. The van der Waals surface area contributed by atoms with Gasteiger partial charge >= 0.3 is 0 Å². The second kappa shape index (κ2) is 8.22. The highest BCUT2D eigenvalue weighted by Gasteiger charge is 2.24. The minimum Gasteiger partial charge on any atom is -0.382 e. The molecular weight excluding hydrogens is 246 g/mol. The van der Waals surface area contributed by atoms with Crippen molar-refractivity contribution in [2.24, 2.45) is 0 Å². The minimum absolute atomic E-state index is 0.0324. The first-order valence-electron chi connectivity index (χ1n) is 5.29. The second-order valence-corrected chi connectivity index (χ2v) is 6.27. The third-order valence-electron chi connectivity index (χ3n) is 2.12. The van der Waals surface area contributed by atoms with Crippen LogP contribution in [0.5, 0.6) is 0 Å². The molecule has 4 nitrogen and oxygen atoms in total. The zero-order chi connectivity index (χ0) is 11.8. The molecule has 1 fully saturated rings. The van der Waals surface area contributed by atoms with Crippen LogP contribution in [0.4, 0.5) is 0 Å². The first-order chi connectivity index (χ1) is 7.77. The maximum atomic E-state index is 11.9. The summed E-state index contributed by atoms with van der Waals surface area (Å²) in [5.41, 5.74) is 0. The maximum absolute atomic E-state index is 11.9. The molecule has 0 atom stereocenters. The van der Waals surface area contributed by atoms with Gasteiger partial charge in [0.25, 0.3) is 0 Å². The van der Waals surface area contributed by atoms with E-state index in [9.17, 15) is 4.79 Å². The van der Waals surface area contributed by atoms with Crippen molar-refractivity contribution in [3.05, 3.63) is 0 Å². The summed E-state index contributed by atoms with van der Waals surface area (Å²) in [6, 6.07) is -0.0503. The number of rotatable bonds is 6. The van der Waals surface area contributed by atoms with E-state index in [-0.39, 0.29) is 16.5 Å². The largest absolute Gasteiger partial charge is 0.382 e. The summed E-state index contributed by atoms with van der Waals surface area (Å²) in [5, 5.41) is 2.96. The molecule has 1 aliphatic heterocycles. The lowest BCUT2D eigenvalue weighted by molar-refractivity contribution is -0.120. The Balaban J connectivity index is 2.33. The molecule has 0 saturated carbocycles. The average Bonchev–Trinajstić information content (AvgIpc) is 2.31. The van der Waals surface area contributed by atoms with Gasteiger partial charge in [0.1, 0.15) is 4.58 Å². The number of methoxy groups -OCH3 is 2. The fourth-order valence-electron chi connectivity index (χ4n) is 1.44. The van der Waals surface area contributed by atoms with Crippen molar-refractivity contribution in [2.45, 2.75) is 17.0 Å². The third-order valence-corrected chi connectivity index (χ3v) is 5.02. The Morgan fingerprint density at radius 2 is 1.88 bits per heavy atom. The summed E-state index contributed by atoms with van der Waals surface area (Å²) in [6.45, 7) is 0.975. The third kappa shape index (κ3) is 4.95. The molecule has 0 unspecified atom stereocenters. The van der Waals surface area contributed by atoms with E-state index >= 15 is 0 Å². The van der Waals surface area contributed by atoms with E-state index in [0.29, 0.717) is 13.2 Å². The van der Waals surface area contributed by atoms with Gasteiger partial charge in [-0.25, -0.2) is 0 Å². The van der Waals surface area contributed by atoms with Crippen molar-refractivity contribution in [1.82, 2.24) is 5.32 Å². The topological polar surface area (TPSA) is 47.6 Å². The Hall–Kier alpha value is 0.0900. The highest BCUT2D eigenvalue weighted by Crippen LogP contribution is 2.30. The molecule has 1 aliphatic rings. The van der Waals surface area contributed by atoms with Gasteiger partial charge in [-0.2, -0.15) is 0 Å². The average molecular weight is 265 g/mol. The Morgan fingerprint density at radius 1 is 1.31 bits per heavy atom.